The lowest BCUT2D eigenvalue weighted by Crippen LogP contribution is -2.60. The van der Waals surface area contributed by atoms with Gasteiger partial charge in [-0.05, 0) is 44.8 Å². The van der Waals surface area contributed by atoms with Crippen LogP contribution in [0.15, 0.2) is 29.8 Å². The Labute approximate surface area is 175 Å². The van der Waals surface area contributed by atoms with Gasteiger partial charge >= 0.3 is 0 Å². The largest absolute Gasteiger partial charge is 0.462 e. The molecule has 0 aromatic heterocycles. The van der Waals surface area contributed by atoms with E-state index in [0.717, 1.165) is 0 Å². The zero-order chi connectivity index (χ0) is 22.4. The third-order valence-corrected chi connectivity index (χ3v) is 4.76. The first-order valence-electron chi connectivity index (χ1n) is 9.61. The molecular weight excluding hydrogens is 394 g/mol. The molecule has 1 aromatic carbocycles. The van der Waals surface area contributed by atoms with Gasteiger partial charge in [0.2, 0.25) is 6.29 Å². The molecule has 1 aliphatic rings. The Hall–Kier alpha value is -2.14. The van der Waals surface area contributed by atoms with E-state index < -0.39 is 37.3 Å². The smallest absolute Gasteiger partial charge is 0.229 e. The quantitative estimate of drug-likeness (QED) is 0.232. The lowest BCUT2D eigenvalue weighted by atomic mass is 9.99. The number of hydrogen-bond donors (Lipinski definition) is 4. The predicted molar refractivity (Wildman–Crippen MR) is 108 cm³/mol. The van der Waals surface area contributed by atoms with Crippen LogP contribution < -0.4 is 4.74 Å². The number of nitrogens with zero attached hydrogens (tertiary/aromatic N) is 1. The monoisotopic (exact) mass is 423 g/mol. The van der Waals surface area contributed by atoms with E-state index in [0.29, 0.717) is 17.9 Å². The molecule has 5 unspecified atom stereocenters. The maximum absolute atomic E-state index is 12.3. The highest BCUT2D eigenvalue weighted by atomic mass is 16.7. The van der Waals surface area contributed by atoms with Crippen molar-refractivity contribution in [2.45, 2.75) is 44.1 Å². The van der Waals surface area contributed by atoms with E-state index in [9.17, 15) is 30.0 Å². The number of Topliss-reactive ketones (excluding diaryl/α,β-unsaturated/α-hetero) is 2. The van der Waals surface area contributed by atoms with Gasteiger partial charge < -0.3 is 34.8 Å². The van der Waals surface area contributed by atoms with E-state index in [1.807, 2.05) is 19.0 Å². The number of carbonyl (C=O) groups is 2. The fraction of sp³-hybridized carbons (Fsp3) is 0.524. The number of rotatable bonds is 9. The molecule has 166 valence electrons. The Bertz CT molecular complexity index is 759. The topological polar surface area (TPSA) is 137 Å². The second-order valence-corrected chi connectivity index (χ2v) is 7.47. The summed E-state index contributed by atoms with van der Waals surface area (Å²) in [6.45, 7) is 1.33. The molecule has 1 aliphatic heterocycles. The highest BCUT2D eigenvalue weighted by molar-refractivity contribution is 6.22. The van der Waals surface area contributed by atoms with Gasteiger partial charge in [-0.25, -0.2) is 0 Å². The summed E-state index contributed by atoms with van der Waals surface area (Å²) in [7, 11) is 3.69. The normalized spacial score (nSPS) is 27.2. The van der Waals surface area contributed by atoms with Crippen LogP contribution in [0.25, 0.3) is 6.08 Å². The molecule has 0 radical (unpaired) electrons. The van der Waals surface area contributed by atoms with Crippen LogP contribution in [0.5, 0.6) is 5.75 Å². The molecule has 0 bridgehead atoms. The number of ketones is 2. The highest BCUT2D eigenvalue weighted by Crippen LogP contribution is 2.25. The number of ether oxygens (including phenoxy) is 2. The molecule has 30 heavy (non-hydrogen) atoms. The van der Waals surface area contributed by atoms with Gasteiger partial charge in [0, 0.05) is 13.0 Å². The summed E-state index contributed by atoms with van der Waals surface area (Å²) in [6.07, 6.45) is -5.12. The zero-order valence-corrected chi connectivity index (χ0v) is 17.3. The predicted octanol–water partition coefficient (Wildman–Crippen LogP) is -0.641. The molecule has 2 rings (SSSR count). The fourth-order valence-corrected chi connectivity index (χ4v) is 2.95. The lowest BCUT2D eigenvalue weighted by molar-refractivity contribution is -0.277. The third kappa shape index (κ3) is 6.18. The summed E-state index contributed by atoms with van der Waals surface area (Å²) >= 11 is 0. The van der Waals surface area contributed by atoms with Crippen molar-refractivity contribution < 1.29 is 39.5 Å². The van der Waals surface area contributed by atoms with Crippen molar-refractivity contribution >= 4 is 17.6 Å². The number of allylic oxidation sites excluding steroid dienone is 1. The van der Waals surface area contributed by atoms with Gasteiger partial charge in [-0.1, -0.05) is 12.1 Å². The number of aliphatic hydroxyl groups is 4. The van der Waals surface area contributed by atoms with Crippen LogP contribution in [0, 0.1) is 0 Å². The lowest BCUT2D eigenvalue weighted by Gasteiger charge is -2.39. The van der Waals surface area contributed by atoms with Gasteiger partial charge in [-0.3, -0.25) is 9.59 Å². The Kier molecular flexibility index (Phi) is 8.65. The summed E-state index contributed by atoms with van der Waals surface area (Å²) in [5, 5.41) is 38.9. The van der Waals surface area contributed by atoms with Crippen LogP contribution in [0.1, 0.15) is 18.9 Å². The summed E-state index contributed by atoms with van der Waals surface area (Å²) in [5.74, 6) is -0.266. The Morgan fingerprint density at radius 3 is 2.27 bits per heavy atom. The van der Waals surface area contributed by atoms with E-state index in [-0.39, 0.29) is 23.6 Å². The van der Waals surface area contributed by atoms with Crippen molar-refractivity contribution in [3.8, 4) is 5.75 Å². The first-order chi connectivity index (χ1) is 14.1. The SMILES string of the molecule is CC(=O)C(=Cc1ccc(OC2OC(CO)C(O)C(O)C2O)cc1)C(=O)CCN(C)C. The Morgan fingerprint density at radius 2 is 1.73 bits per heavy atom. The minimum absolute atomic E-state index is 0.111. The number of hydrogen-bond acceptors (Lipinski definition) is 9. The van der Waals surface area contributed by atoms with Gasteiger partial charge in [0.15, 0.2) is 11.6 Å². The Balaban J connectivity index is 2.10. The highest BCUT2D eigenvalue weighted by Gasteiger charge is 2.44. The number of carbonyl (C=O) groups excluding carboxylic acids is 2. The molecule has 0 saturated carbocycles. The fourth-order valence-electron chi connectivity index (χ4n) is 2.95. The first kappa shape index (κ1) is 24.1. The summed E-state index contributed by atoms with van der Waals surface area (Å²) in [4.78, 5) is 26.1. The summed E-state index contributed by atoms with van der Waals surface area (Å²) in [6, 6.07) is 6.35. The second-order valence-electron chi connectivity index (χ2n) is 7.47. The number of benzene rings is 1. The molecule has 0 aliphatic carbocycles. The molecule has 5 atom stereocenters. The van der Waals surface area contributed by atoms with E-state index >= 15 is 0 Å². The van der Waals surface area contributed by atoms with Gasteiger partial charge in [0.1, 0.15) is 30.2 Å². The maximum Gasteiger partial charge on any atom is 0.229 e. The summed E-state index contributed by atoms with van der Waals surface area (Å²) < 4.78 is 10.8. The molecule has 1 saturated heterocycles. The van der Waals surface area contributed by atoms with Crippen LogP contribution in [0.3, 0.4) is 0 Å². The Morgan fingerprint density at radius 1 is 1.10 bits per heavy atom. The van der Waals surface area contributed by atoms with E-state index in [1.54, 1.807) is 24.3 Å². The van der Waals surface area contributed by atoms with Gasteiger partial charge in [-0.2, -0.15) is 0 Å². The minimum atomic E-state index is -1.53. The standard InChI is InChI=1S/C21H29NO8/c1-12(24)15(16(25)8-9-22(2)3)10-13-4-6-14(7-5-13)29-21-20(28)19(27)18(26)17(11-23)30-21/h4-7,10,17-21,23,26-28H,8-9,11H2,1-3H3. The molecule has 4 N–H and O–H groups in total. The zero-order valence-electron chi connectivity index (χ0n) is 17.3. The molecule has 9 heteroatoms. The molecule has 1 fully saturated rings. The second kappa shape index (κ2) is 10.8. The minimum Gasteiger partial charge on any atom is -0.462 e. The number of aliphatic hydroxyl groups excluding tert-OH is 4. The van der Waals surface area contributed by atoms with Gasteiger partial charge in [0.25, 0.3) is 0 Å². The molecular formula is C21H29NO8. The molecule has 0 spiro atoms. The summed E-state index contributed by atoms with van der Waals surface area (Å²) in [5.41, 5.74) is 0.721. The van der Waals surface area contributed by atoms with E-state index in [4.69, 9.17) is 9.47 Å². The van der Waals surface area contributed by atoms with Crippen molar-refractivity contribution in [1.29, 1.82) is 0 Å². The molecule has 9 nitrogen and oxygen atoms in total. The molecule has 0 amide bonds. The molecule has 1 aromatic rings. The van der Waals surface area contributed by atoms with E-state index in [2.05, 4.69) is 0 Å². The van der Waals surface area contributed by atoms with Gasteiger partial charge in [0.05, 0.1) is 12.2 Å². The van der Waals surface area contributed by atoms with Crippen LogP contribution >= 0.6 is 0 Å². The molecule has 1 heterocycles. The average molecular weight is 423 g/mol. The average Bonchev–Trinajstić information content (AvgIpc) is 2.71. The van der Waals surface area contributed by atoms with Crippen molar-refractivity contribution in [3.05, 3.63) is 35.4 Å². The van der Waals surface area contributed by atoms with Crippen molar-refractivity contribution in [3.63, 3.8) is 0 Å². The maximum atomic E-state index is 12.3. The van der Waals surface area contributed by atoms with Crippen LogP contribution in [-0.2, 0) is 14.3 Å². The third-order valence-electron chi connectivity index (χ3n) is 4.76. The van der Waals surface area contributed by atoms with Gasteiger partial charge in [-0.15, -0.1) is 0 Å². The van der Waals surface area contributed by atoms with Crippen LogP contribution in [-0.4, -0.2) is 94.8 Å². The first-order valence-corrected chi connectivity index (χ1v) is 9.61. The van der Waals surface area contributed by atoms with Crippen molar-refractivity contribution in [1.82, 2.24) is 4.90 Å². The van der Waals surface area contributed by atoms with E-state index in [1.165, 1.54) is 13.0 Å². The van der Waals surface area contributed by atoms with Crippen molar-refractivity contribution in [2.24, 2.45) is 0 Å². The van der Waals surface area contributed by atoms with Crippen molar-refractivity contribution in [2.75, 3.05) is 27.2 Å². The van der Waals surface area contributed by atoms with Crippen LogP contribution in [0.4, 0.5) is 0 Å². The van der Waals surface area contributed by atoms with Crippen LogP contribution in [0.2, 0.25) is 0 Å².